The Kier molecular flexibility index (Phi) is 4.90. The molecule has 1 aromatic carbocycles. The molecule has 0 amide bonds. The summed E-state index contributed by atoms with van der Waals surface area (Å²) in [5.74, 6) is -1.48. The van der Waals surface area contributed by atoms with Gasteiger partial charge >= 0.3 is 5.97 Å². The molecule has 0 aliphatic rings. The third-order valence-corrected chi connectivity index (χ3v) is 3.72. The third kappa shape index (κ3) is 3.17. The van der Waals surface area contributed by atoms with Gasteiger partial charge in [0.25, 0.3) is 0 Å². The summed E-state index contributed by atoms with van der Waals surface area (Å²) in [5.41, 5.74) is -0.357. The van der Waals surface area contributed by atoms with Crippen LogP contribution in [0.3, 0.4) is 0 Å². The Balaban J connectivity index is 3.48. The van der Waals surface area contributed by atoms with Crippen molar-refractivity contribution >= 4 is 16.0 Å². The monoisotopic (exact) mass is 300 g/mol. The van der Waals surface area contributed by atoms with Crippen LogP contribution in [0.1, 0.15) is 10.4 Å². The maximum absolute atomic E-state index is 11.9. The van der Waals surface area contributed by atoms with Crippen molar-refractivity contribution in [2.24, 2.45) is 0 Å². The number of sulfonamides is 1. The molecular formula is C11H12N2O6S. The molecule has 0 fully saturated rings. The minimum Gasteiger partial charge on any atom is -0.493 e. The van der Waals surface area contributed by atoms with E-state index >= 15 is 0 Å². The van der Waals surface area contributed by atoms with E-state index in [2.05, 4.69) is 0 Å². The number of nitrogens with zero attached hydrogens (tertiary/aromatic N) is 1. The van der Waals surface area contributed by atoms with Gasteiger partial charge in [-0.25, -0.2) is 13.2 Å². The molecular weight excluding hydrogens is 288 g/mol. The Labute approximate surface area is 115 Å². The van der Waals surface area contributed by atoms with E-state index in [0.717, 1.165) is 12.1 Å². The first-order valence-electron chi connectivity index (χ1n) is 5.23. The summed E-state index contributed by atoms with van der Waals surface area (Å²) in [6.07, 6.45) is 0. The van der Waals surface area contributed by atoms with Crippen molar-refractivity contribution in [3.63, 3.8) is 0 Å². The minimum atomic E-state index is -4.01. The number of hydrogen-bond acceptors (Lipinski definition) is 6. The lowest BCUT2D eigenvalue weighted by Crippen LogP contribution is -2.24. The van der Waals surface area contributed by atoms with Crippen molar-refractivity contribution in [2.75, 3.05) is 20.8 Å². The maximum Gasteiger partial charge on any atom is 0.339 e. The molecule has 0 saturated carbocycles. The van der Waals surface area contributed by atoms with Crippen LogP contribution in [0.4, 0.5) is 0 Å². The Morgan fingerprint density at radius 3 is 2.50 bits per heavy atom. The molecule has 108 valence electrons. The predicted molar refractivity (Wildman–Crippen MR) is 67.3 cm³/mol. The Hall–Kier alpha value is -2.31. The number of methoxy groups -OCH3 is 2. The number of carboxylic acids is 1. The zero-order valence-electron chi connectivity index (χ0n) is 10.7. The van der Waals surface area contributed by atoms with E-state index in [9.17, 15) is 13.2 Å². The average Bonchev–Trinajstić information content (AvgIpc) is 2.43. The van der Waals surface area contributed by atoms with Crippen LogP contribution in [0.2, 0.25) is 0 Å². The highest BCUT2D eigenvalue weighted by Gasteiger charge is 2.23. The molecule has 0 aliphatic heterocycles. The highest BCUT2D eigenvalue weighted by atomic mass is 32.2. The van der Waals surface area contributed by atoms with E-state index in [4.69, 9.17) is 19.8 Å². The lowest BCUT2D eigenvalue weighted by atomic mass is 10.2. The molecule has 0 spiro atoms. The van der Waals surface area contributed by atoms with Crippen LogP contribution in [-0.2, 0) is 10.0 Å². The zero-order chi connectivity index (χ0) is 15.3. The lowest BCUT2D eigenvalue weighted by molar-refractivity contribution is 0.0692. The lowest BCUT2D eigenvalue weighted by Gasteiger charge is -2.13. The van der Waals surface area contributed by atoms with Crippen LogP contribution in [0, 0.1) is 11.3 Å². The van der Waals surface area contributed by atoms with E-state index < -0.39 is 22.5 Å². The number of nitrogens with one attached hydrogen (secondary N) is 1. The van der Waals surface area contributed by atoms with Crippen LogP contribution in [0.15, 0.2) is 17.0 Å². The summed E-state index contributed by atoms with van der Waals surface area (Å²) in [7, 11) is -1.51. The number of carboxylic acid groups (broad SMARTS) is 1. The topological polar surface area (TPSA) is 126 Å². The van der Waals surface area contributed by atoms with Gasteiger partial charge in [-0.15, -0.1) is 0 Å². The second-order valence-electron chi connectivity index (χ2n) is 3.49. The molecule has 0 aromatic heterocycles. The van der Waals surface area contributed by atoms with Crippen LogP contribution in [0.5, 0.6) is 11.5 Å². The fourth-order valence-corrected chi connectivity index (χ4v) is 2.42. The van der Waals surface area contributed by atoms with Gasteiger partial charge < -0.3 is 14.6 Å². The van der Waals surface area contributed by atoms with Gasteiger partial charge in [0.15, 0.2) is 11.5 Å². The van der Waals surface area contributed by atoms with E-state index in [1.807, 2.05) is 4.72 Å². The van der Waals surface area contributed by atoms with Gasteiger partial charge in [-0.2, -0.15) is 9.98 Å². The highest BCUT2D eigenvalue weighted by Crippen LogP contribution is 2.34. The van der Waals surface area contributed by atoms with Crippen molar-refractivity contribution < 1.29 is 27.8 Å². The average molecular weight is 300 g/mol. The molecule has 0 radical (unpaired) electrons. The Morgan fingerprint density at radius 2 is 2.05 bits per heavy atom. The minimum absolute atomic E-state index is 0.0373. The summed E-state index contributed by atoms with van der Waals surface area (Å²) < 4.78 is 35.6. The largest absolute Gasteiger partial charge is 0.493 e. The normalized spacial score (nSPS) is 10.7. The van der Waals surface area contributed by atoms with Crippen LogP contribution in [0.25, 0.3) is 0 Å². The van der Waals surface area contributed by atoms with Gasteiger partial charge in [-0.3, -0.25) is 0 Å². The molecule has 0 aliphatic carbocycles. The molecule has 9 heteroatoms. The molecule has 8 nitrogen and oxygen atoms in total. The van der Waals surface area contributed by atoms with Gasteiger partial charge in [-0.05, 0) is 6.07 Å². The molecule has 2 N–H and O–H groups in total. The number of ether oxygens (including phenoxy) is 2. The van der Waals surface area contributed by atoms with Gasteiger partial charge in [0, 0.05) is 6.07 Å². The first-order valence-corrected chi connectivity index (χ1v) is 6.71. The second-order valence-corrected chi connectivity index (χ2v) is 5.26. The van der Waals surface area contributed by atoms with Gasteiger partial charge in [0.1, 0.15) is 5.56 Å². The van der Waals surface area contributed by atoms with E-state index in [0.29, 0.717) is 0 Å². The van der Waals surface area contributed by atoms with Crippen molar-refractivity contribution in [2.45, 2.75) is 4.90 Å². The molecule has 1 rings (SSSR count). The number of carbonyl (C=O) groups is 1. The van der Waals surface area contributed by atoms with Crippen LogP contribution >= 0.6 is 0 Å². The molecule has 0 heterocycles. The number of hydrogen-bond donors (Lipinski definition) is 2. The summed E-state index contributed by atoms with van der Waals surface area (Å²) in [5, 5.41) is 17.5. The molecule has 0 bridgehead atoms. The SMILES string of the molecule is COc1cc(S(=O)(=O)NCC#N)cc(C(=O)O)c1OC. The smallest absolute Gasteiger partial charge is 0.339 e. The Bertz CT molecular complexity index is 662. The van der Waals surface area contributed by atoms with Gasteiger partial charge in [-0.1, -0.05) is 0 Å². The number of benzene rings is 1. The first kappa shape index (κ1) is 15.7. The second kappa shape index (κ2) is 6.23. The molecule has 0 atom stereocenters. The van der Waals surface area contributed by atoms with E-state index in [1.54, 1.807) is 6.07 Å². The summed E-state index contributed by atoms with van der Waals surface area (Å²) in [6, 6.07) is 3.67. The number of aromatic carboxylic acids is 1. The van der Waals surface area contributed by atoms with Crippen molar-refractivity contribution in [3.8, 4) is 17.6 Å². The van der Waals surface area contributed by atoms with E-state index in [1.165, 1.54) is 14.2 Å². The highest BCUT2D eigenvalue weighted by molar-refractivity contribution is 7.89. The zero-order valence-corrected chi connectivity index (χ0v) is 11.5. The van der Waals surface area contributed by atoms with Crippen molar-refractivity contribution in [1.29, 1.82) is 5.26 Å². The standard InChI is InChI=1S/C11H12N2O6S/c1-18-9-6-7(20(16,17)13-4-3-12)5-8(11(14)15)10(9)19-2/h5-6,13H,4H2,1-2H3,(H,14,15). The maximum atomic E-state index is 11.9. The quantitative estimate of drug-likeness (QED) is 0.719. The molecule has 20 heavy (non-hydrogen) atoms. The fraction of sp³-hybridized carbons (Fsp3) is 0.273. The van der Waals surface area contributed by atoms with E-state index in [-0.39, 0.29) is 22.0 Å². The fourth-order valence-electron chi connectivity index (χ4n) is 1.46. The van der Waals surface area contributed by atoms with Crippen molar-refractivity contribution in [1.82, 2.24) is 4.72 Å². The summed E-state index contributed by atoms with van der Waals surface area (Å²) in [6.45, 7) is -0.431. The first-order chi connectivity index (χ1) is 9.37. The molecule has 0 unspecified atom stereocenters. The molecule has 0 saturated heterocycles. The van der Waals surface area contributed by atoms with Gasteiger partial charge in [0.05, 0.1) is 31.7 Å². The summed E-state index contributed by atoms with van der Waals surface area (Å²) in [4.78, 5) is 10.8. The number of rotatable bonds is 6. The summed E-state index contributed by atoms with van der Waals surface area (Å²) >= 11 is 0. The third-order valence-electron chi connectivity index (χ3n) is 2.33. The van der Waals surface area contributed by atoms with Crippen LogP contribution < -0.4 is 14.2 Å². The van der Waals surface area contributed by atoms with Crippen molar-refractivity contribution in [3.05, 3.63) is 17.7 Å². The predicted octanol–water partition coefficient (Wildman–Crippen LogP) is 0.204. The number of nitriles is 1. The van der Waals surface area contributed by atoms with Gasteiger partial charge in [0.2, 0.25) is 10.0 Å². The van der Waals surface area contributed by atoms with Crippen LogP contribution in [-0.4, -0.2) is 40.3 Å². The Morgan fingerprint density at radius 1 is 1.40 bits per heavy atom. The molecule has 1 aromatic rings.